The molecular formula is C13H17N3O. The molecule has 0 fully saturated rings. The van der Waals surface area contributed by atoms with E-state index in [2.05, 4.69) is 16.7 Å². The van der Waals surface area contributed by atoms with Crippen molar-refractivity contribution in [2.24, 2.45) is 0 Å². The number of benzene rings is 1. The van der Waals surface area contributed by atoms with Crippen LogP contribution >= 0.6 is 0 Å². The van der Waals surface area contributed by atoms with Gasteiger partial charge in [-0.15, -0.1) is 0 Å². The second-order valence-corrected chi connectivity index (χ2v) is 3.67. The van der Waals surface area contributed by atoms with Crippen LogP contribution in [0.2, 0.25) is 0 Å². The molecule has 2 N–H and O–H groups in total. The van der Waals surface area contributed by atoms with Gasteiger partial charge in [-0.2, -0.15) is 5.26 Å². The maximum Gasteiger partial charge on any atom is 0.253 e. The summed E-state index contributed by atoms with van der Waals surface area (Å²) in [6, 6.07) is 9.46. The maximum atomic E-state index is 11.8. The molecule has 0 heterocycles. The summed E-state index contributed by atoms with van der Waals surface area (Å²) in [5, 5.41) is 14.2. The fourth-order valence-corrected chi connectivity index (χ4v) is 1.53. The Balaban J connectivity index is 2.44. The number of anilines is 1. The smallest absolute Gasteiger partial charge is 0.253 e. The number of para-hydroxylation sites is 1. The second-order valence-electron chi connectivity index (χ2n) is 3.67. The molecule has 0 radical (unpaired) electrons. The Bertz CT molecular complexity index is 409. The minimum Gasteiger partial charge on any atom is -0.387 e. The number of nitriles is 1. The van der Waals surface area contributed by atoms with E-state index in [1.807, 2.05) is 18.2 Å². The second kappa shape index (κ2) is 7.29. The number of nitrogens with one attached hydrogen (secondary N) is 2. The first-order valence-electron chi connectivity index (χ1n) is 5.71. The number of amides is 1. The molecule has 0 bridgehead atoms. The number of unbranched alkanes of at least 4 members (excludes halogenated alkanes) is 2. The Morgan fingerprint density at radius 3 is 2.82 bits per heavy atom. The van der Waals surface area contributed by atoms with E-state index in [4.69, 9.17) is 5.26 Å². The summed E-state index contributed by atoms with van der Waals surface area (Å²) in [5.74, 6) is -0.0769. The van der Waals surface area contributed by atoms with E-state index >= 15 is 0 Å². The summed E-state index contributed by atoms with van der Waals surface area (Å²) >= 11 is 0. The van der Waals surface area contributed by atoms with Crippen LogP contribution in [0.3, 0.4) is 0 Å². The van der Waals surface area contributed by atoms with Gasteiger partial charge in [0.05, 0.1) is 11.6 Å². The van der Waals surface area contributed by atoms with Gasteiger partial charge in [-0.05, 0) is 25.0 Å². The van der Waals surface area contributed by atoms with Crippen molar-refractivity contribution in [2.75, 3.05) is 18.9 Å². The standard InChI is InChI=1S/C13H17N3O/c1-15-12-8-4-3-7-11(12)13(17)16-10-6-2-5-9-14/h3-4,7-8,15H,2,5-6,10H2,1H3,(H,16,17). The monoisotopic (exact) mass is 231 g/mol. The highest BCUT2D eigenvalue weighted by molar-refractivity contribution is 5.99. The third-order valence-electron chi connectivity index (χ3n) is 2.44. The lowest BCUT2D eigenvalue weighted by molar-refractivity contribution is 0.0954. The molecular weight excluding hydrogens is 214 g/mol. The third-order valence-corrected chi connectivity index (χ3v) is 2.44. The Hall–Kier alpha value is -2.02. The van der Waals surface area contributed by atoms with E-state index in [-0.39, 0.29) is 5.91 Å². The molecule has 0 spiro atoms. The van der Waals surface area contributed by atoms with Gasteiger partial charge < -0.3 is 10.6 Å². The summed E-state index contributed by atoms with van der Waals surface area (Å²) in [4.78, 5) is 11.8. The van der Waals surface area contributed by atoms with Crippen molar-refractivity contribution in [1.29, 1.82) is 5.26 Å². The topological polar surface area (TPSA) is 64.9 Å². The molecule has 1 aromatic carbocycles. The van der Waals surface area contributed by atoms with Gasteiger partial charge in [0.25, 0.3) is 5.91 Å². The van der Waals surface area contributed by atoms with Gasteiger partial charge in [0.2, 0.25) is 0 Å². The zero-order chi connectivity index (χ0) is 12.5. The predicted molar refractivity (Wildman–Crippen MR) is 67.8 cm³/mol. The van der Waals surface area contributed by atoms with Crippen LogP contribution in [-0.2, 0) is 0 Å². The summed E-state index contributed by atoms with van der Waals surface area (Å²) < 4.78 is 0. The number of rotatable bonds is 6. The molecule has 1 rings (SSSR count). The lowest BCUT2D eigenvalue weighted by atomic mass is 10.1. The molecule has 0 saturated heterocycles. The summed E-state index contributed by atoms with van der Waals surface area (Å²) in [6.07, 6.45) is 2.20. The van der Waals surface area contributed by atoms with Crippen molar-refractivity contribution in [3.63, 3.8) is 0 Å². The molecule has 17 heavy (non-hydrogen) atoms. The number of hydrogen-bond donors (Lipinski definition) is 2. The fourth-order valence-electron chi connectivity index (χ4n) is 1.53. The van der Waals surface area contributed by atoms with Crippen LogP contribution in [0.15, 0.2) is 24.3 Å². The highest BCUT2D eigenvalue weighted by Crippen LogP contribution is 2.13. The molecule has 90 valence electrons. The van der Waals surface area contributed by atoms with E-state index in [9.17, 15) is 4.79 Å². The maximum absolute atomic E-state index is 11.8. The van der Waals surface area contributed by atoms with Crippen LogP contribution in [0.25, 0.3) is 0 Å². The molecule has 0 aliphatic heterocycles. The van der Waals surface area contributed by atoms with Crippen molar-refractivity contribution in [3.05, 3.63) is 29.8 Å². The Morgan fingerprint density at radius 2 is 2.12 bits per heavy atom. The first kappa shape index (κ1) is 13.0. The van der Waals surface area contributed by atoms with Crippen molar-refractivity contribution in [1.82, 2.24) is 5.32 Å². The average Bonchev–Trinajstić information content (AvgIpc) is 2.38. The Morgan fingerprint density at radius 1 is 1.35 bits per heavy atom. The summed E-state index contributed by atoms with van der Waals surface area (Å²) in [5.41, 5.74) is 1.47. The normalized spacial score (nSPS) is 9.41. The van der Waals surface area contributed by atoms with Crippen molar-refractivity contribution in [3.8, 4) is 6.07 Å². The van der Waals surface area contributed by atoms with Crippen LogP contribution in [0.4, 0.5) is 5.69 Å². The number of hydrogen-bond acceptors (Lipinski definition) is 3. The van der Waals surface area contributed by atoms with E-state index in [0.29, 0.717) is 18.5 Å². The minimum atomic E-state index is -0.0769. The Kier molecular flexibility index (Phi) is 5.59. The van der Waals surface area contributed by atoms with Gasteiger partial charge in [-0.3, -0.25) is 4.79 Å². The largest absolute Gasteiger partial charge is 0.387 e. The molecule has 0 unspecified atom stereocenters. The van der Waals surface area contributed by atoms with Gasteiger partial charge >= 0.3 is 0 Å². The average molecular weight is 231 g/mol. The molecule has 0 aromatic heterocycles. The van der Waals surface area contributed by atoms with Crippen LogP contribution in [0.5, 0.6) is 0 Å². The highest BCUT2D eigenvalue weighted by atomic mass is 16.1. The fraction of sp³-hybridized carbons (Fsp3) is 0.385. The zero-order valence-electron chi connectivity index (χ0n) is 9.99. The number of carbonyl (C=O) groups excluding carboxylic acids is 1. The molecule has 0 aliphatic carbocycles. The lowest BCUT2D eigenvalue weighted by Crippen LogP contribution is -2.25. The van der Waals surface area contributed by atoms with Gasteiger partial charge in [0, 0.05) is 25.7 Å². The van der Waals surface area contributed by atoms with Gasteiger partial charge in [-0.1, -0.05) is 12.1 Å². The van der Waals surface area contributed by atoms with E-state index in [1.165, 1.54) is 0 Å². The SMILES string of the molecule is CNc1ccccc1C(=O)NCCCCC#N. The predicted octanol–water partition coefficient (Wildman–Crippen LogP) is 2.15. The van der Waals surface area contributed by atoms with Crippen LogP contribution in [0.1, 0.15) is 29.6 Å². The lowest BCUT2D eigenvalue weighted by Gasteiger charge is -2.09. The van der Waals surface area contributed by atoms with Crippen LogP contribution in [0, 0.1) is 11.3 Å². The van der Waals surface area contributed by atoms with E-state index in [0.717, 1.165) is 18.5 Å². The first-order chi connectivity index (χ1) is 8.29. The van der Waals surface area contributed by atoms with Crippen LogP contribution in [-0.4, -0.2) is 19.5 Å². The van der Waals surface area contributed by atoms with Crippen molar-refractivity contribution in [2.45, 2.75) is 19.3 Å². The third kappa shape index (κ3) is 4.15. The Labute approximate surface area is 102 Å². The summed E-state index contributed by atoms with van der Waals surface area (Å²) in [7, 11) is 1.79. The van der Waals surface area contributed by atoms with Gasteiger partial charge in [0.1, 0.15) is 0 Å². The van der Waals surface area contributed by atoms with Gasteiger partial charge in [0.15, 0.2) is 0 Å². The molecule has 0 aliphatic rings. The molecule has 4 heteroatoms. The first-order valence-corrected chi connectivity index (χ1v) is 5.71. The highest BCUT2D eigenvalue weighted by Gasteiger charge is 2.08. The molecule has 1 aromatic rings. The van der Waals surface area contributed by atoms with E-state index < -0.39 is 0 Å². The van der Waals surface area contributed by atoms with Gasteiger partial charge in [-0.25, -0.2) is 0 Å². The molecule has 0 saturated carbocycles. The van der Waals surface area contributed by atoms with Crippen LogP contribution < -0.4 is 10.6 Å². The molecule has 0 atom stereocenters. The molecule has 4 nitrogen and oxygen atoms in total. The quantitative estimate of drug-likeness (QED) is 0.737. The minimum absolute atomic E-state index is 0.0769. The molecule has 1 amide bonds. The number of carbonyl (C=O) groups is 1. The zero-order valence-corrected chi connectivity index (χ0v) is 9.99. The van der Waals surface area contributed by atoms with Crippen molar-refractivity contribution >= 4 is 11.6 Å². The summed E-state index contributed by atoms with van der Waals surface area (Å²) in [6.45, 7) is 0.610. The number of nitrogens with zero attached hydrogens (tertiary/aromatic N) is 1. The van der Waals surface area contributed by atoms with Crippen molar-refractivity contribution < 1.29 is 4.79 Å². The van der Waals surface area contributed by atoms with E-state index in [1.54, 1.807) is 13.1 Å².